The molecule has 0 saturated carbocycles. The first-order chi connectivity index (χ1) is 27.2. The smallest absolute Gasteiger partial charge is 0.343 e. The molecule has 0 radical (unpaired) electrons. The molecular formula is C43H50O13. The summed E-state index contributed by atoms with van der Waals surface area (Å²) < 4.78 is 37.6. The van der Waals surface area contributed by atoms with Gasteiger partial charge in [0.2, 0.25) is 0 Å². The minimum Gasteiger partial charge on any atom is -0.494 e. The fourth-order valence-corrected chi connectivity index (χ4v) is 4.95. The Morgan fingerprint density at radius 2 is 1.02 bits per heavy atom. The summed E-state index contributed by atoms with van der Waals surface area (Å²) in [4.78, 5) is 60.0. The summed E-state index contributed by atoms with van der Waals surface area (Å²) in [5, 5.41) is 8.76. The summed E-state index contributed by atoms with van der Waals surface area (Å²) in [6.45, 7) is 7.44. The lowest BCUT2D eigenvalue weighted by Gasteiger charge is -2.17. The zero-order valence-electron chi connectivity index (χ0n) is 31.5. The molecule has 13 heteroatoms. The number of carbonyl (C=O) groups is 5. The van der Waals surface area contributed by atoms with Crippen LogP contribution in [-0.2, 0) is 28.6 Å². The predicted octanol–water partition coefficient (Wildman–Crippen LogP) is 7.15. The molecule has 0 aliphatic carbocycles. The van der Waals surface area contributed by atoms with Gasteiger partial charge in [-0.05, 0) is 98.5 Å². The summed E-state index contributed by atoms with van der Waals surface area (Å²) in [6.07, 6.45) is 9.68. The van der Waals surface area contributed by atoms with Gasteiger partial charge in [-0.3, -0.25) is 4.79 Å². The number of unbranched alkanes of at least 4 members (excludes halogenated alkanes) is 7. The SMILES string of the molecule is C=CC(=O)OCC(COc1ccc(C(=O)Oc2ccc(OC(=O)c3ccc(OCCCCCCCCOC(=O)CCCCCO)cc3)cc2)cc1)OC(=O)C=C. The fraction of sp³-hybridized carbons (Fsp3) is 0.372. The van der Waals surface area contributed by atoms with Crippen LogP contribution in [0.1, 0.15) is 84.9 Å². The van der Waals surface area contributed by atoms with Gasteiger partial charge in [0.15, 0.2) is 6.10 Å². The molecule has 1 unspecified atom stereocenters. The summed E-state index contributed by atoms with van der Waals surface area (Å²) in [7, 11) is 0. The molecule has 0 aromatic heterocycles. The Hall–Kier alpha value is -5.95. The molecule has 0 aliphatic rings. The van der Waals surface area contributed by atoms with Crippen molar-refractivity contribution in [3.8, 4) is 23.0 Å². The van der Waals surface area contributed by atoms with Crippen LogP contribution in [-0.4, -0.2) is 74.1 Å². The van der Waals surface area contributed by atoms with E-state index in [0.717, 1.165) is 69.9 Å². The fourth-order valence-electron chi connectivity index (χ4n) is 4.95. The van der Waals surface area contributed by atoms with Gasteiger partial charge in [-0.2, -0.15) is 0 Å². The van der Waals surface area contributed by atoms with E-state index in [1.165, 1.54) is 48.5 Å². The molecule has 3 aromatic rings. The Morgan fingerprint density at radius 3 is 1.55 bits per heavy atom. The van der Waals surface area contributed by atoms with E-state index in [2.05, 4.69) is 13.2 Å². The number of carbonyl (C=O) groups excluding carboxylic acids is 5. The normalized spacial score (nSPS) is 11.0. The third-order valence-electron chi connectivity index (χ3n) is 8.00. The summed E-state index contributed by atoms with van der Waals surface area (Å²) in [6, 6.07) is 18.7. The van der Waals surface area contributed by atoms with Crippen LogP contribution in [0.15, 0.2) is 98.1 Å². The van der Waals surface area contributed by atoms with Gasteiger partial charge in [0, 0.05) is 25.2 Å². The molecule has 3 aromatic carbocycles. The van der Waals surface area contributed by atoms with Gasteiger partial charge >= 0.3 is 29.8 Å². The van der Waals surface area contributed by atoms with Gasteiger partial charge in [-0.1, -0.05) is 45.3 Å². The molecule has 0 saturated heterocycles. The molecule has 0 heterocycles. The van der Waals surface area contributed by atoms with Crippen molar-refractivity contribution in [2.24, 2.45) is 0 Å². The minimum atomic E-state index is -0.905. The van der Waals surface area contributed by atoms with E-state index in [9.17, 15) is 24.0 Å². The maximum Gasteiger partial charge on any atom is 0.343 e. The maximum atomic E-state index is 12.7. The van der Waals surface area contributed by atoms with E-state index in [0.29, 0.717) is 36.7 Å². The van der Waals surface area contributed by atoms with Crippen LogP contribution in [0.3, 0.4) is 0 Å². The van der Waals surface area contributed by atoms with Crippen LogP contribution < -0.4 is 18.9 Å². The van der Waals surface area contributed by atoms with Gasteiger partial charge in [-0.25, -0.2) is 19.2 Å². The van der Waals surface area contributed by atoms with E-state index >= 15 is 0 Å². The Kier molecular flexibility index (Phi) is 20.6. The van der Waals surface area contributed by atoms with Crippen LogP contribution in [0.5, 0.6) is 23.0 Å². The Morgan fingerprint density at radius 1 is 0.536 bits per heavy atom. The molecule has 3 rings (SSSR count). The number of rotatable bonds is 27. The van der Waals surface area contributed by atoms with Crippen molar-refractivity contribution in [3.63, 3.8) is 0 Å². The van der Waals surface area contributed by atoms with E-state index < -0.39 is 30.0 Å². The third-order valence-corrected chi connectivity index (χ3v) is 8.00. The Bertz CT molecular complexity index is 1680. The molecule has 0 spiro atoms. The van der Waals surface area contributed by atoms with Crippen molar-refractivity contribution in [3.05, 3.63) is 109 Å². The Labute approximate surface area is 327 Å². The number of aliphatic hydroxyl groups is 1. The first kappa shape index (κ1) is 44.4. The van der Waals surface area contributed by atoms with Gasteiger partial charge in [-0.15, -0.1) is 0 Å². The first-order valence-electron chi connectivity index (χ1n) is 18.6. The van der Waals surface area contributed by atoms with Crippen LogP contribution >= 0.6 is 0 Å². The standard InChI is InChI=1S/C43H50O13/c1-3-39(45)53-31-38(54-40(46)4-2)30-52-35-21-17-33(18-22-35)43(49)56-37-25-23-36(24-26-37)55-42(48)32-15-19-34(20-16-32)50-28-12-7-5-6-8-13-29-51-41(47)14-10-9-11-27-44/h3-4,15-26,38,44H,1-2,5-14,27-31H2. The zero-order chi connectivity index (χ0) is 40.4. The highest BCUT2D eigenvalue weighted by Crippen LogP contribution is 2.22. The monoisotopic (exact) mass is 774 g/mol. The average Bonchev–Trinajstić information content (AvgIpc) is 3.22. The number of esters is 5. The number of hydrogen-bond acceptors (Lipinski definition) is 13. The van der Waals surface area contributed by atoms with Crippen molar-refractivity contribution in [2.45, 2.75) is 70.3 Å². The van der Waals surface area contributed by atoms with Crippen LogP contribution in [0.4, 0.5) is 0 Å². The third kappa shape index (κ3) is 17.9. The highest BCUT2D eigenvalue weighted by molar-refractivity contribution is 5.92. The second kappa shape index (κ2) is 26.0. The van der Waals surface area contributed by atoms with E-state index in [4.69, 9.17) is 38.3 Å². The van der Waals surface area contributed by atoms with Gasteiger partial charge in [0.1, 0.15) is 36.2 Å². The van der Waals surface area contributed by atoms with Gasteiger partial charge in [0.05, 0.1) is 24.3 Å². The average molecular weight is 775 g/mol. The van der Waals surface area contributed by atoms with Crippen LogP contribution in [0, 0.1) is 0 Å². The van der Waals surface area contributed by atoms with E-state index in [1.807, 2.05) is 0 Å². The Balaban J connectivity index is 1.32. The quantitative estimate of drug-likeness (QED) is 0.0273. The zero-order valence-corrected chi connectivity index (χ0v) is 31.5. The molecule has 1 N–H and O–H groups in total. The molecule has 1 atom stereocenters. The van der Waals surface area contributed by atoms with Gasteiger partial charge < -0.3 is 38.3 Å². The van der Waals surface area contributed by atoms with Crippen molar-refractivity contribution in [2.75, 3.05) is 33.0 Å². The van der Waals surface area contributed by atoms with Crippen LogP contribution in [0.2, 0.25) is 0 Å². The number of aliphatic hydroxyl groups excluding tert-OH is 1. The number of ether oxygens (including phenoxy) is 7. The maximum absolute atomic E-state index is 12.7. The van der Waals surface area contributed by atoms with E-state index in [1.54, 1.807) is 24.3 Å². The second-order valence-electron chi connectivity index (χ2n) is 12.4. The highest BCUT2D eigenvalue weighted by atomic mass is 16.6. The molecule has 0 aliphatic heterocycles. The second-order valence-corrected chi connectivity index (χ2v) is 12.4. The topological polar surface area (TPSA) is 170 Å². The molecular weight excluding hydrogens is 724 g/mol. The van der Waals surface area contributed by atoms with Crippen molar-refractivity contribution in [1.29, 1.82) is 0 Å². The lowest BCUT2D eigenvalue weighted by molar-refractivity contribution is -0.154. The van der Waals surface area contributed by atoms with Crippen molar-refractivity contribution in [1.82, 2.24) is 0 Å². The van der Waals surface area contributed by atoms with Crippen LogP contribution in [0.25, 0.3) is 0 Å². The lowest BCUT2D eigenvalue weighted by Crippen LogP contribution is -2.30. The number of hydrogen-bond donors (Lipinski definition) is 1. The molecule has 56 heavy (non-hydrogen) atoms. The van der Waals surface area contributed by atoms with Crippen molar-refractivity contribution < 1.29 is 62.2 Å². The van der Waals surface area contributed by atoms with E-state index in [-0.39, 0.29) is 42.9 Å². The predicted molar refractivity (Wildman–Crippen MR) is 206 cm³/mol. The lowest BCUT2D eigenvalue weighted by atomic mass is 10.1. The molecule has 13 nitrogen and oxygen atoms in total. The first-order valence-corrected chi connectivity index (χ1v) is 18.6. The molecule has 300 valence electrons. The summed E-state index contributed by atoms with van der Waals surface area (Å²) in [5.74, 6) is -1.24. The molecule has 0 bridgehead atoms. The highest BCUT2D eigenvalue weighted by Gasteiger charge is 2.17. The molecule has 0 amide bonds. The number of benzene rings is 3. The summed E-state index contributed by atoms with van der Waals surface area (Å²) >= 11 is 0. The minimum absolute atomic E-state index is 0.133. The van der Waals surface area contributed by atoms with Crippen molar-refractivity contribution >= 4 is 29.8 Å². The van der Waals surface area contributed by atoms with Gasteiger partial charge in [0.25, 0.3) is 0 Å². The molecule has 0 fully saturated rings. The summed E-state index contributed by atoms with van der Waals surface area (Å²) in [5.41, 5.74) is 0.582. The largest absolute Gasteiger partial charge is 0.494 e.